The van der Waals surface area contributed by atoms with Gasteiger partial charge in [-0.2, -0.15) is 0 Å². The van der Waals surface area contributed by atoms with Crippen LogP contribution in [-0.2, 0) is 17.8 Å². The fourth-order valence-corrected chi connectivity index (χ4v) is 2.18. The van der Waals surface area contributed by atoms with E-state index in [1.165, 1.54) is 11.1 Å². The van der Waals surface area contributed by atoms with E-state index in [9.17, 15) is 4.79 Å². The Morgan fingerprint density at radius 2 is 2.21 bits per heavy atom. The summed E-state index contributed by atoms with van der Waals surface area (Å²) in [5.41, 5.74) is 2.43. The molecule has 2 nitrogen and oxygen atoms in total. The van der Waals surface area contributed by atoms with Crippen LogP contribution in [0.5, 0.6) is 0 Å². The first-order valence-corrected chi connectivity index (χ1v) is 5.55. The molecule has 14 heavy (non-hydrogen) atoms. The van der Waals surface area contributed by atoms with Crippen LogP contribution in [0.1, 0.15) is 18.1 Å². The molecule has 1 aromatic rings. The second-order valence-electron chi connectivity index (χ2n) is 3.50. The highest BCUT2D eigenvalue weighted by Gasteiger charge is 2.21. The van der Waals surface area contributed by atoms with Crippen LogP contribution in [0, 0.1) is 0 Å². The van der Waals surface area contributed by atoms with Gasteiger partial charge in [-0.15, -0.1) is 0 Å². The number of likely N-dealkylation sites (N-methyl/N-ethyl adjacent to an activating group) is 1. The minimum absolute atomic E-state index is 0.238. The Balaban J connectivity index is 2.36. The summed E-state index contributed by atoms with van der Waals surface area (Å²) in [5.74, 6) is 0.238. The quantitative estimate of drug-likeness (QED) is 0.753. The monoisotopic (exact) mass is 253 g/mol. The Morgan fingerprint density at radius 1 is 1.43 bits per heavy atom. The van der Waals surface area contributed by atoms with Gasteiger partial charge in [0.2, 0.25) is 5.91 Å². The third-order valence-corrected chi connectivity index (χ3v) is 3.10. The molecule has 0 bridgehead atoms. The van der Waals surface area contributed by atoms with Crippen LogP contribution >= 0.6 is 15.9 Å². The maximum absolute atomic E-state index is 11.6. The van der Waals surface area contributed by atoms with Crippen molar-refractivity contribution in [2.75, 3.05) is 6.54 Å². The van der Waals surface area contributed by atoms with Crippen LogP contribution in [0.15, 0.2) is 22.7 Å². The molecular formula is C11H12BrNO. The van der Waals surface area contributed by atoms with Gasteiger partial charge in [0.1, 0.15) is 0 Å². The maximum Gasteiger partial charge on any atom is 0.227 e. The van der Waals surface area contributed by atoms with E-state index in [0.717, 1.165) is 17.6 Å². The van der Waals surface area contributed by atoms with Crippen LogP contribution in [0.25, 0.3) is 0 Å². The van der Waals surface area contributed by atoms with Crippen LogP contribution in [0.2, 0.25) is 0 Å². The van der Waals surface area contributed by atoms with Crippen molar-refractivity contribution in [3.63, 3.8) is 0 Å². The van der Waals surface area contributed by atoms with Crippen molar-refractivity contribution in [2.24, 2.45) is 0 Å². The minimum atomic E-state index is 0.238. The van der Waals surface area contributed by atoms with E-state index in [0.29, 0.717) is 6.42 Å². The molecule has 0 N–H and O–H groups in total. The first kappa shape index (κ1) is 9.71. The number of amides is 1. The molecule has 1 amide bonds. The zero-order valence-electron chi connectivity index (χ0n) is 8.09. The average molecular weight is 254 g/mol. The molecule has 0 saturated heterocycles. The molecule has 0 aliphatic carbocycles. The predicted octanol–water partition coefficient (Wildman–Crippen LogP) is 2.35. The fourth-order valence-electron chi connectivity index (χ4n) is 1.77. The number of hydrogen-bond acceptors (Lipinski definition) is 1. The predicted molar refractivity (Wildman–Crippen MR) is 58.9 cm³/mol. The Hall–Kier alpha value is -0.830. The molecule has 0 atom stereocenters. The van der Waals surface area contributed by atoms with E-state index in [1.807, 2.05) is 24.0 Å². The summed E-state index contributed by atoms with van der Waals surface area (Å²) < 4.78 is 1.08. The van der Waals surface area contributed by atoms with E-state index < -0.39 is 0 Å². The van der Waals surface area contributed by atoms with Crippen LogP contribution in [0.4, 0.5) is 0 Å². The van der Waals surface area contributed by atoms with Crippen molar-refractivity contribution >= 4 is 21.8 Å². The van der Waals surface area contributed by atoms with Gasteiger partial charge in [0, 0.05) is 17.6 Å². The van der Waals surface area contributed by atoms with Gasteiger partial charge in [0.05, 0.1) is 6.42 Å². The number of hydrogen-bond donors (Lipinski definition) is 0. The van der Waals surface area contributed by atoms with Crippen molar-refractivity contribution in [1.82, 2.24) is 4.90 Å². The van der Waals surface area contributed by atoms with Crippen molar-refractivity contribution in [2.45, 2.75) is 19.9 Å². The molecule has 1 heterocycles. The molecule has 1 aliphatic rings. The van der Waals surface area contributed by atoms with Crippen molar-refractivity contribution in [3.8, 4) is 0 Å². The molecule has 0 fully saturated rings. The summed E-state index contributed by atoms with van der Waals surface area (Å²) in [7, 11) is 0. The van der Waals surface area contributed by atoms with Crippen LogP contribution in [-0.4, -0.2) is 17.4 Å². The first-order chi connectivity index (χ1) is 6.70. The molecular weight excluding hydrogens is 242 g/mol. The molecule has 0 aromatic heterocycles. The van der Waals surface area contributed by atoms with Gasteiger partial charge in [-0.25, -0.2) is 0 Å². The number of benzene rings is 1. The summed E-state index contributed by atoms with van der Waals surface area (Å²) in [6, 6.07) is 6.13. The molecule has 0 radical (unpaired) electrons. The van der Waals surface area contributed by atoms with Crippen LogP contribution in [0.3, 0.4) is 0 Å². The maximum atomic E-state index is 11.6. The number of fused-ring (bicyclic) bond motifs is 1. The Labute approximate surface area is 92.0 Å². The van der Waals surface area contributed by atoms with Crippen molar-refractivity contribution < 1.29 is 4.79 Å². The van der Waals surface area contributed by atoms with Crippen molar-refractivity contribution in [3.05, 3.63) is 33.8 Å². The Kier molecular flexibility index (Phi) is 2.59. The number of carbonyl (C=O) groups excluding carboxylic acids is 1. The van der Waals surface area contributed by atoms with E-state index in [-0.39, 0.29) is 5.91 Å². The smallest absolute Gasteiger partial charge is 0.227 e. The lowest BCUT2D eigenvalue weighted by atomic mass is 9.99. The number of carbonyl (C=O) groups is 1. The number of rotatable bonds is 1. The topological polar surface area (TPSA) is 20.3 Å². The van der Waals surface area contributed by atoms with Gasteiger partial charge < -0.3 is 4.90 Å². The SMILES string of the molecule is CCN1Cc2cc(Br)ccc2CC1=O. The summed E-state index contributed by atoms with van der Waals surface area (Å²) in [6.45, 7) is 3.57. The number of nitrogens with zero attached hydrogens (tertiary/aromatic N) is 1. The highest BCUT2D eigenvalue weighted by molar-refractivity contribution is 9.10. The standard InChI is InChI=1S/C11H12BrNO/c1-2-13-7-9-5-10(12)4-3-8(9)6-11(13)14/h3-5H,2,6-7H2,1H3. The van der Waals surface area contributed by atoms with Gasteiger partial charge in [-0.1, -0.05) is 22.0 Å². The number of halogens is 1. The first-order valence-electron chi connectivity index (χ1n) is 4.75. The van der Waals surface area contributed by atoms with Gasteiger partial charge >= 0.3 is 0 Å². The zero-order valence-corrected chi connectivity index (χ0v) is 9.67. The van der Waals surface area contributed by atoms with E-state index in [4.69, 9.17) is 0 Å². The average Bonchev–Trinajstić information content (AvgIpc) is 2.17. The molecule has 74 valence electrons. The highest BCUT2D eigenvalue weighted by Crippen LogP contribution is 2.23. The largest absolute Gasteiger partial charge is 0.338 e. The third kappa shape index (κ3) is 1.69. The molecule has 1 aromatic carbocycles. The summed E-state index contributed by atoms with van der Waals surface area (Å²) in [4.78, 5) is 13.5. The summed E-state index contributed by atoms with van der Waals surface area (Å²) in [5, 5.41) is 0. The normalized spacial score (nSPS) is 15.6. The lowest BCUT2D eigenvalue weighted by Crippen LogP contribution is -2.35. The van der Waals surface area contributed by atoms with Gasteiger partial charge in [0.25, 0.3) is 0 Å². The summed E-state index contributed by atoms with van der Waals surface area (Å²) in [6.07, 6.45) is 0.552. The Morgan fingerprint density at radius 3 is 2.93 bits per heavy atom. The molecule has 3 heteroatoms. The Bertz CT molecular complexity index is 376. The van der Waals surface area contributed by atoms with Crippen molar-refractivity contribution in [1.29, 1.82) is 0 Å². The summed E-state index contributed by atoms with van der Waals surface area (Å²) >= 11 is 3.44. The van der Waals surface area contributed by atoms with Gasteiger partial charge in [-0.3, -0.25) is 4.79 Å². The molecule has 0 saturated carbocycles. The molecule has 2 rings (SSSR count). The molecule has 0 spiro atoms. The highest BCUT2D eigenvalue weighted by atomic mass is 79.9. The zero-order chi connectivity index (χ0) is 10.1. The van der Waals surface area contributed by atoms with Crippen LogP contribution < -0.4 is 0 Å². The fraction of sp³-hybridized carbons (Fsp3) is 0.364. The lowest BCUT2D eigenvalue weighted by Gasteiger charge is -2.27. The van der Waals surface area contributed by atoms with E-state index >= 15 is 0 Å². The molecule has 1 aliphatic heterocycles. The lowest BCUT2D eigenvalue weighted by molar-refractivity contribution is -0.131. The second-order valence-corrected chi connectivity index (χ2v) is 4.41. The van der Waals surface area contributed by atoms with Gasteiger partial charge in [-0.05, 0) is 30.2 Å². The third-order valence-electron chi connectivity index (χ3n) is 2.61. The minimum Gasteiger partial charge on any atom is -0.338 e. The molecule has 0 unspecified atom stereocenters. The van der Waals surface area contributed by atoms with E-state index in [1.54, 1.807) is 0 Å². The van der Waals surface area contributed by atoms with E-state index in [2.05, 4.69) is 22.0 Å². The van der Waals surface area contributed by atoms with Gasteiger partial charge in [0.15, 0.2) is 0 Å². The second kappa shape index (κ2) is 3.73.